The standard InChI is InChI=1S/C12H18F2N2O3/c1-11(2,3)19-10(17)16-8-4-7(15-18)5-9(16)12(13,14)6-8/h8-9,18H,4-6H2,1-3H3/t8-,9+/m0/s1. The van der Waals surface area contributed by atoms with Crippen LogP contribution in [0.2, 0.25) is 0 Å². The molecule has 2 atom stereocenters. The molecule has 0 radical (unpaired) electrons. The summed E-state index contributed by atoms with van der Waals surface area (Å²) in [5.74, 6) is -2.96. The van der Waals surface area contributed by atoms with Gasteiger partial charge in [-0.15, -0.1) is 0 Å². The lowest BCUT2D eigenvalue weighted by Gasteiger charge is -2.36. The van der Waals surface area contributed by atoms with E-state index in [-0.39, 0.29) is 12.8 Å². The van der Waals surface area contributed by atoms with Gasteiger partial charge in [0.15, 0.2) is 0 Å². The van der Waals surface area contributed by atoms with Crippen LogP contribution in [0.15, 0.2) is 5.16 Å². The highest BCUT2D eigenvalue weighted by Crippen LogP contribution is 2.45. The van der Waals surface area contributed by atoms with Crippen molar-refractivity contribution in [1.29, 1.82) is 0 Å². The summed E-state index contributed by atoms with van der Waals surface area (Å²) in [6.45, 7) is 5.07. The fourth-order valence-corrected chi connectivity index (χ4v) is 2.68. The van der Waals surface area contributed by atoms with Gasteiger partial charge in [0.05, 0.1) is 5.71 Å². The number of ether oxygens (including phenoxy) is 1. The number of carbonyl (C=O) groups is 1. The molecule has 2 aliphatic heterocycles. The number of rotatable bonds is 0. The molecule has 2 aliphatic rings. The first-order valence-corrected chi connectivity index (χ1v) is 6.23. The minimum Gasteiger partial charge on any atom is -0.444 e. The number of halogens is 2. The van der Waals surface area contributed by atoms with Crippen molar-refractivity contribution in [2.75, 3.05) is 0 Å². The van der Waals surface area contributed by atoms with E-state index in [2.05, 4.69) is 5.16 Å². The Balaban J connectivity index is 2.21. The van der Waals surface area contributed by atoms with Gasteiger partial charge in [-0.1, -0.05) is 5.16 Å². The van der Waals surface area contributed by atoms with Crippen LogP contribution in [0, 0.1) is 0 Å². The summed E-state index contributed by atoms with van der Waals surface area (Å²) in [6.07, 6.45) is -1.08. The van der Waals surface area contributed by atoms with Crippen LogP contribution in [0.1, 0.15) is 40.0 Å². The van der Waals surface area contributed by atoms with Crippen LogP contribution in [0.5, 0.6) is 0 Å². The van der Waals surface area contributed by atoms with Crippen molar-refractivity contribution in [3.63, 3.8) is 0 Å². The molecule has 0 aromatic rings. The summed E-state index contributed by atoms with van der Waals surface area (Å²) in [7, 11) is 0. The molecule has 0 aromatic heterocycles. The molecule has 0 saturated carbocycles. The minimum absolute atomic E-state index is 0.112. The summed E-state index contributed by atoms with van der Waals surface area (Å²) in [4.78, 5) is 13.1. The molecule has 0 aliphatic carbocycles. The second-order valence-corrected chi connectivity index (χ2v) is 6.10. The first-order valence-electron chi connectivity index (χ1n) is 6.23. The molecule has 2 bridgehead atoms. The highest BCUT2D eigenvalue weighted by Gasteiger charge is 2.59. The van der Waals surface area contributed by atoms with Crippen molar-refractivity contribution in [2.45, 2.75) is 63.6 Å². The number of amides is 1. The number of carbonyl (C=O) groups excluding carboxylic acids is 1. The molecule has 1 amide bonds. The van der Waals surface area contributed by atoms with Crippen molar-refractivity contribution in [3.8, 4) is 0 Å². The van der Waals surface area contributed by atoms with Crippen molar-refractivity contribution < 1.29 is 23.5 Å². The number of fused-ring (bicyclic) bond motifs is 2. The van der Waals surface area contributed by atoms with E-state index in [1.165, 1.54) is 0 Å². The normalized spacial score (nSPS) is 31.6. The lowest BCUT2D eigenvalue weighted by Crippen LogP contribution is -2.51. The maximum atomic E-state index is 13.9. The van der Waals surface area contributed by atoms with E-state index in [9.17, 15) is 13.6 Å². The average molecular weight is 276 g/mol. The van der Waals surface area contributed by atoms with E-state index in [0.29, 0.717) is 5.71 Å². The molecule has 0 aromatic carbocycles. The molecule has 2 heterocycles. The highest BCUT2D eigenvalue weighted by molar-refractivity contribution is 5.88. The molecule has 108 valence electrons. The Labute approximate surface area is 110 Å². The number of alkyl halides is 2. The van der Waals surface area contributed by atoms with E-state index in [4.69, 9.17) is 9.94 Å². The van der Waals surface area contributed by atoms with Gasteiger partial charge in [0.1, 0.15) is 11.6 Å². The summed E-state index contributed by atoms with van der Waals surface area (Å²) in [6, 6.07) is -1.93. The largest absolute Gasteiger partial charge is 0.444 e. The van der Waals surface area contributed by atoms with E-state index < -0.39 is 36.1 Å². The van der Waals surface area contributed by atoms with Gasteiger partial charge in [-0.3, -0.25) is 4.90 Å². The molecule has 0 unspecified atom stereocenters. The average Bonchev–Trinajstić information content (AvgIpc) is 2.39. The summed E-state index contributed by atoms with van der Waals surface area (Å²) < 4.78 is 32.9. The fourth-order valence-electron chi connectivity index (χ4n) is 2.68. The van der Waals surface area contributed by atoms with Crippen LogP contribution in [-0.2, 0) is 4.74 Å². The van der Waals surface area contributed by atoms with Crippen molar-refractivity contribution in [3.05, 3.63) is 0 Å². The van der Waals surface area contributed by atoms with E-state index in [1.807, 2.05) is 0 Å². The Morgan fingerprint density at radius 2 is 2.11 bits per heavy atom. The zero-order valence-corrected chi connectivity index (χ0v) is 11.2. The molecule has 19 heavy (non-hydrogen) atoms. The molecule has 2 saturated heterocycles. The van der Waals surface area contributed by atoms with Crippen LogP contribution in [0.25, 0.3) is 0 Å². The molecule has 5 nitrogen and oxygen atoms in total. The second kappa shape index (κ2) is 4.31. The van der Waals surface area contributed by atoms with Crippen molar-refractivity contribution in [1.82, 2.24) is 4.90 Å². The Hall–Kier alpha value is -1.40. The topological polar surface area (TPSA) is 62.1 Å². The first-order chi connectivity index (χ1) is 8.64. The van der Waals surface area contributed by atoms with Gasteiger partial charge in [-0.2, -0.15) is 0 Å². The zero-order valence-electron chi connectivity index (χ0n) is 11.2. The fraction of sp³-hybridized carbons (Fsp3) is 0.833. The summed E-state index contributed by atoms with van der Waals surface area (Å²) in [5.41, 5.74) is -0.413. The number of piperidine rings is 1. The van der Waals surface area contributed by atoms with Crippen LogP contribution < -0.4 is 0 Å². The van der Waals surface area contributed by atoms with Crippen molar-refractivity contribution >= 4 is 11.8 Å². The van der Waals surface area contributed by atoms with Gasteiger partial charge in [-0.05, 0) is 20.8 Å². The summed E-state index contributed by atoms with van der Waals surface area (Å²) in [5, 5.41) is 11.8. The molecular weight excluding hydrogens is 258 g/mol. The third-order valence-corrected chi connectivity index (χ3v) is 3.37. The SMILES string of the molecule is CC(C)(C)OC(=O)N1[C@H]2CC(=NO)C[C@@H]1C(F)(F)C2. The number of oxime groups is 1. The maximum Gasteiger partial charge on any atom is 0.411 e. The molecule has 0 spiro atoms. The van der Waals surface area contributed by atoms with E-state index >= 15 is 0 Å². The third kappa shape index (κ3) is 2.64. The van der Waals surface area contributed by atoms with Gasteiger partial charge in [0.25, 0.3) is 5.92 Å². The minimum atomic E-state index is -2.96. The lowest BCUT2D eigenvalue weighted by atomic mass is 10.0. The predicted octanol–water partition coefficient (Wildman–Crippen LogP) is 2.62. The second-order valence-electron chi connectivity index (χ2n) is 6.10. The summed E-state index contributed by atoms with van der Waals surface area (Å²) >= 11 is 0. The Bertz CT molecular complexity index is 418. The number of hydrogen-bond acceptors (Lipinski definition) is 4. The molecule has 2 rings (SSSR count). The first kappa shape index (κ1) is 14.0. The van der Waals surface area contributed by atoms with E-state index in [0.717, 1.165) is 4.90 Å². The van der Waals surface area contributed by atoms with Gasteiger partial charge in [-0.25, -0.2) is 13.6 Å². The zero-order chi connectivity index (χ0) is 14.4. The Morgan fingerprint density at radius 3 is 2.58 bits per heavy atom. The lowest BCUT2D eigenvalue weighted by molar-refractivity contribution is -0.0399. The molecule has 2 fully saturated rings. The van der Waals surface area contributed by atoms with Crippen LogP contribution in [-0.4, -0.2) is 45.5 Å². The predicted molar refractivity (Wildman–Crippen MR) is 63.7 cm³/mol. The smallest absolute Gasteiger partial charge is 0.411 e. The Kier molecular flexibility index (Phi) is 3.18. The van der Waals surface area contributed by atoms with Gasteiger partial charge in [0.2, 0.25) is 0 Å². The van der Waals surface area contributed by atoms with Crippen molar-refractivity contribution in [2.24, 2.45) is 5.16 Å². The highest BCUT2D eigenvalue weighted by atomic mass is 19.3. The quantitative estimate of drug-likeness (QED) is 0.546. The number of hydrogen-bond donors (Lipinski definition) is 1. The van der Waals surface area contributed by atoms with Crippen LogP contribution in [0.3, 0.4) is 0 Å². The molecular formula is C12H18F2N2O3. The monoisotopic (exact) mass is 276 g/mol. The van der Waals surface area contributed by atoms with Gasteiger partial charge in [0, 0.05) is 25.3 Å². The van der Waals surface area contributed by atoms with E-state index in [1.54, 1.807) is 20.8 Å². The van der Waals surface area contributed by atoms with Gasteiger partial charge < -0.3 is 9.94 Å². The number of nitrogens with zero attached hydrogens (tertiary/aromatic N) is 2. The maximum absolute atomic E-state index is 13.9. The third-order valence-electron chi connectivity index (χ3n) is 3.37. The Morgan fingerprint density at radius 1 is 1.47 bits per heavy atom. The molecule has 7 heteroatoms. The van der Waals surface area contributed by atoms with Gasteiger partial charge >= 0.3 is 6.09 Å². The molecule has 1 N–H and O–H groups in total. The van der Waals surface area contributed by atoms with Crippen LogP contribution >= 0.6 is 0 Å². The van der Waals surface area contributed by atoms with Crippen LogP contribution in [0.4, 0.5) is 13.6 Å².